The van der Waals surface area contributed by atoms with Gasteiger partial charge in [-0.1, -0.05) is 18.9 Å². The zero-order valence-corrected chi connectivity index (χ0v) is 11.1. The number of rotatable bonds is 4. The molecule has 104 valence electrons. The smallest absolute Gasteiger partial charge is 0.314 e. The molecular formula is C14H18O5. The van der Waals surface area contributed by atoms with Gasteiger partial charge in [-0.2, -0.15) is 0 Å². The van der Waals surface area contributed by atoms with E-state index in [0.29, 0.717) is 24.2 Å². The zero-order chi connectivity index (χ0) is 14.0. The van der Waals surface area contributed by atoms with Crippen molar-refractivity contribution in [3.05, 3.63) is 17.7 Å². The predicted octanol–water partition coefficient (Wildman–Crippen LogP) is 2.31. The lowest BCUT2D eigenvalue weighted by Gasteiger charge is -2.26. The van der Waals surface area contributed by atoms with E-state index in [1.807, 2.05) is 0 Å². The number of hydrogen-bond acceptors (Lipinski definition) is 4. The first kappa shape index (κ1) is 13.5. The number of ether oxygens (including phenoxy) is 2. The molecule has 0 bridgehead atoms. The Morgan fingerprint density at radius 2 is 1.84 bits per heavy atom. The van der Waals surface area contributed by atoms with Gasteiger partial charge in [0.2, 0.25) is 5.75 Å². The highest BCUT2D eigenvalue weighted by Gasteiger charge is 2.45. The number of aliphatic carboxylic acids is 1. The van der Waals surface area contributed by atoms with Crippen LogP contribution in [-0.4, -0.2) is 30.4 Å². The fourth-order valence-corrected chi connectivity index (χ4v) is 2.87. The van der Waals surface area contributed by atoms with Crippen LogP contribution < -0.4 is 9.47 Å². The Morgan fingerprint density at radius 1 is 1.21 bits per heavy atom. The molecule has 0 amide bonds. The minimum Gasteiger partial charge on any atom is -0.504 e. The summed E-state index contributed by atoms with van der Waals surface area (Å²) in [6.45, 7) is 0. The molecule has 2 rings (SSSR count). The van der Waals surface area contributed by atoms with Gasteiger partial charge in [-0.05, 0) is 18.9 Å². The Kier molecular flexibility index (Phi) is 3.55. The molecule has 0 unspecified atom stereocenters. The molecule has 1 fully saturated rings. The van der Waals surface area contributed by atoms with Crippen LogP contribution in [0.4, 0.5) is 0 Å². The number of carboxylic acids is 1. The van der Waals surface area contributed by atoms with Crippen LogP contribution in [0.15, 0.2) is 12.1 Å². The van der Waals surface area contributed by atoms with Crippen LogP contribution in [0, 0.1) is 0 Å². The molecule has 1 saturated carbocycles. The van der Waals surface area contributed by atoms with Crippen molar-refractivity contribution < 1.29 is 24.5 Å². The first-order valence-electron chi connectivity index (χ1n) is 6.24. The monoisotopic (exact) mass is 266 g/mol. The molecule has 0 aliphatic heterocycles. The second-order valence-electron chi connectivity index (χ2n) is 4.79. The normalized spacial score (nSPS) is 17.2. The van der Waals surface area contributed by atoms with Crippen LogP contribution in [0.2, 0.25) is 0 Å². The molecule has 0 atom stereocenters. The Labute approximate surface area is 111 Å². The number of phenols is 1. The highest BCUT2D eigenvalue weighted by Crippen LogP contribution is 2.49. The number of phenolic OH excluding ortho intramolecular Hbond substituents is 1. The fourth-order valence-electron chi connectivity index (χ4n) is 2.87. The molecule has 0 aromatic heterocycles. The maximum Gasteiger partial charge on any atom is 0.314 e. The molecule has 0 heterocycles. The van der Waals surface area contributed by atoms with Gasteiger partial charge in [-0.15, -0.1) is 0 Å². The summed E-state index contributed by atoms with van der Waals surface area (Å²) >= 11 is 0. The van der Waals surface area contributed by atoms with Gasteiger partial charge in [0.25, 0.3) is 0 Å². The summed E-state index contributed by atoms with van der Waals surface area (Å²) in [4.78, 5) is 11.6. The molecule has 1 aliphatic rings. The summed E-state index contributed by atoms with van der Waals surface area (Å²) in [6.07, 6.45) is 2.76. The van der Waals surface area contributed by atoms with Crippen molar-refractivity contribution in [1.82, 2.24) is 0 Å². The minimum atomic E-state index is -1.01. The van der Waals surface area contributed by atoms with Crippen molar-refractivity contribution in [2.45, 2.75) is 31.1 Å². The summed E-state index contributed by atoms with van der Waals surface area (Å²) in [5.74, 6) is -0.450. The van der Waals surface area contributed by atoms with Crippen LogP contribution >= 0.6 is 0 Å². The number of aromatic hydroxyl groups is 1. The van der Waals surface area contributed by atoms with E-state index in [0.717, 1.165) is 12.8 Å². The summed E-state index contributed by atoms with van der Waals surface area (Å²) < 4.78 is 10.2. The molecule has 19 heavy (non-hydrogen) atoms. The lowest BCUT2D eigenvalue weighted by molar-refractivity contribution is -0.143. The van der Waals surface area contributed by atoms with Crippen LogP contribution in [0.25, 0.3) is 0 Å². The molecule has 1 aliphatic carbocycles. The predicted molar refractivity (Wildman–Crippen MR) is 69.0 cm³/mol. The van der Waals surface area contributed by atoms with Gasteiger partial charge < -0.3 is 19.7 Å². The second-order valence-corrected chi connectivity index (χ2v) is 4.79. The molecule has 1 aromatic rings. The lowest BCUT2D eigenvalue weighted by atomic mass is 9.78. The average molecular weight is 266 g/mol. The van der Waals surface area contributed by atoms with E-state index in [2.05, 4.69) is 0 Å². The standard InChI is InChI=1S/C14H18O5/c1-18-10-6-5-9(11(15)12(10)19-2)14(13(16)17)7-3-4-8-14/h5-6,15H,3-4,7-8H2,1-2H3,(H,16,17). The van der Waals surface area contributed by atoms with Crippen molar-refractivity contribution in [2.75, 3.05) is 14.2 Å². The molecule has 5 nitrogen and oxygen atoms in total. The fraction of sp³-hybridized carbons (Fsp3) is 0.500. The quantitative estimate of drug-likeness (QED) is 0.874. The van der Waals surface area contributed by atoms with Gasteiger partial charge in [-0.25, -0.2) is 0 Å². The van der Waals surface area contributed by atoms with E-state index in [1.54, 1.807) is 12.1 Å². The largest absolute Gasteiger partial charge is 0.504 e. The Morgan fingerprint density at radius 3 is 2.32 bits per heavy atom. The van der Waals surface area contributed by atoms with Gasteiger partial charge in [0.05, 0.1) is 19.6 Å². The van der Waals surface area contributed by atoms with Gasteiger partial charge in [0.1, 0.15) is 0 Å². The summed E-state index contributed by atoms with van der Waals surface area (Å²) in [5, 5.41) is 19.9. The summed E-state index contributed by atoms with van der Waals surface area (Å²) in [6, 6.07) is 3.26. The van der Waals surface area contributed by atoms with E-state index in [-0.39, 0.29) is 11.5 Å². The number of carbonyl (C=O) groups is 1. The topological polar surface area (TPSA) is 76.0 Å². The Balaban J connectivity index is 2.59. The molecule has 1 aromatic carbocycles. The van der Waals surface area contributed by atoms with Crippen LogP contribution in [-0.2, 0) is 10.2 Å². The number of benzene rings is 1. The maximum absolute atomic E-state index is 11.6. The van der Waals surface area contributed by atoms with E-state index >= 15 is 0 Å². The molecule has 0 radical (unpaired) electrons. The maximum atomic E-state index is 11.6. The highest BCUT2D eigenvalue weighted by molar-refractivity contribution is 5.83. The van der Waals surface area contributed by atoms with Crippen molar-refractivity contribution >= 4 is 5.97 Å². The number of methoxy groups -OCH3 is 2. The van der Waals surface area contributed by atoms with Gasteiger partial charge >= 0.3 is 5.97 Å². The van der Waals surface area contributed by atoms with E-state index < -0.39 is 11.4 Å². The van der Waals surface area contributed by atoms with Crippen molar-refractivity contribution in [3.8, 4) is 17.2 Å². The van der Waals surface area contributed by atoms with Crippen LogP contribution in [0.5, 0.6) is 17.2 Å². The van der Waals surface area contributed by atoms with Crippen LogP contribution in [0.3, 0.4) is 0 Å². The second kappa shape index (κ2) is 4.99. The molecule has 2 N–H and O–H groups in total. The van der Waals surface area contributed by atoms with Gasteiger partial charge in [0, 0.05) is 5.56 Å². The van der Waals surface area contributed by atoms with Gasteiger partial charge in [-0.3, -0.25) is 4.79 Å². The summed E-state index contributed by atoms with van der Waals surface area (Å²) in [5.41, 5.74) is -0.598. The highest BCUT2D eigenvalue weighted by atomic mass is 16.5. The lowest BCUT2D eigenvalue weighted by Crippen LogP contribution is -2.32. The van der Waals surface area contributed by atoms with Crippen LogP contribution in [0.1, 0.15) is 31.2 Å². The number of hydrogen-bond donors (Lipinski definition) is 2. The Bertz CT molecular complexity index is 489. The average Bonchev–Trinajstić information content (AvgIpc) is 2.88. The molecule has 0 spiro atoms. The molecular weight excluding hydrogens is 248 g/mol. The van der Waals surface area contributed by atoms with E-state index in [4.69, 9.17) is 9.47 Å². The third kappa shape index (κ3) is 1.99. The van der Waals surface area contributed by atoms with Crippen molar-refractivity contribution in [2.24, 2.45) is 0 Å². The van der Waals surface area contributed by atoms with E-state index in [9.17, 15) is 15.0 Å². The third-order valence-electron chi connectivity index (χ3n) is 3.90. The Hall–Kier alpha value is -1.91. The third-order valence-corrected chi connectivity index (χ3v) is 3.90. The van der Waals surface area contributed by atoms with Crippen molar-refractivity contribution in [3.63, 3.8) is 0 Å². The summed E-state index contributed by atoms with van der Waals surface area (Å²) in [7, 11) is 2.89. The van der Waals surface area contributed by atoms with Crippen molar-refractivity contribution in [1.29, 1.82) is 0 Å². The molecule has 0 saturated heterocycles. The first-order valence-corrected chi connectivity index (χ1v) is 6.24. The van der Waals surface area contributed by atoms with E-state index in [1.165, 1.54) is 14.2 Å². The molecule has 5 heteroatoms. The first-order chi connectivity index (χ1) is 9.06. The SMILES string of the molecule is COc1ccc(C2(C(=O)O)CCCC2)c(O)c1OC. The zero-order valence-electron chi connectivity index (χ0n) is 11.1. The number of carboxylic acid groups (broad SMARTS) is 1. The minimum absolute atomic E-state index is 0.133. The van der Waals surface area contributed by atoms with Gasteiger partial charge in [0.15, 0.2) is 11.5 Å².